The van der Waals surface area contributed by atoms with Crippen LogP contribution in [-0.4, -0.2) is 22.6 Å². The van der Waals surface area contributed by atoms with Crippen LogP contribution in [-0.2, 0) is 4.79 Å². The highest BCUT2D eigenvalue weighted by molar-refractivity contribution is 5.94. The van der Waals surface area contributed by atoms with E-state index in [1.165, 1.54) is 30.3 Å². The first-order chi connectivity index (χ1) is 11.5. The molecule has 3 aromatic rings. The number of aromatic hydroxyl groups is 1. The average Bonchev–Trinajstić information content (AvgIpc) is 2.86. The van der Waals surface area contributed by atoms with E-state index in [4.69, 9.17) is 4.74 Å². The van der Waals surface area contributed by atoms with Gasteiger partial charge in [0.25, 0.3) is 0 Å². The molecule has 1 aromatic heterocycles. The van der Waals surface area contributed by atoms with Gasteiger partial charge < -0.3 is 14.8 Å². The van der Waals surface area contributed by atoms with E-state index in [0.717, 1.165) is 12.1 Å². The average molecular weight is 331 g/mol. The number of hydrogen-bond acceptors (Lipinski definition) is 4. The lowest BCUT2D eigenvalue weighted by Crippen LogP contribution is -2.07. The van der Waals surface area contributed by atoms with Gasteiger partial charge in [-0.2, -0.15) is 0 Å². The van der Waals surface area contributed by atoms with E-state index in [9.17, 15) is 18.7 Å². The van der Waals surface area contributed by atoms with E-state index in [0.29, 0.717) is 5.52 Å². The van der Waals surface area contributed by atoms with E-state index in [-0.39, 0.29) is 22.7 Å². The fourth-order valence-electron chi connectivity index (χ4n) is 2.07. The molecule has 0 aliphatic rings. The first kappa shape index (κ1) is 15.6. The van der Waals surface area contributed by atoms with E-state index < -0.39 is 24.1 Å². The third-order valence-electron chi connectivity index (χ3n) is 3.13. The number of aromatic nitrogens is 1. The number of rotatable bonds is 4. The van der Waals surface area contributed by atoms with Crippen LogP contribution in [0.15, 0.2) is 52.7 Å². The van der Waals surface area contributed by atoms with Crippen LogP contribution >= 0.6 is 0 Å². The van der Waals surface area contributed by atoms with Crippen molar-refractivity contribution in [1.29, 1.82) is 0 Å². The third kappa shape index (κ3) is 3.37. The molecule has 0 spiro atoms. The summed E-state index contributed by atoms with van der Waals surface area (Å²) in [6, 6.07) is 9.10. The molecule has 1 heterocycles. The summed E-state index contributed by atoms with van der Waals surface area (Å²) in [5, 5.41) is 17.1. The Hall–Kier alpha value is -3.29. The molecular formula is C16H11F2N3O3. The summed E-state index contributed by atoms with van der Waals surface area (Å²) in [6.45, 7) is -0.454. The Morgan fingerprint density at radius 3 is 2.75 bits per heavy atom. The molecule has 24 heavy (non-hydrogen) atoms. The maximum absolute atomic E-state index is 13.3. The van der Waals surface area contributed by atoms with Gasteiger partial charge >= 0.3 is 5.91 Å². The number of H-pyrrole nitrogens is 1. The summed E-state index contributed by atoms with van der Waals surface area (Å²) in [4.78, 5) is 14.3. The Labute approximate surface area is 134 Å². The van der Waals surface area contributed by atoms with Crippen LogP contribution in [0.3, 0.4) is 0 Å². The van der Waals surface area contributed by atoms with E-state index >= 15 is 0 Å². The molecule has 3 rings (SSSR count). The lowest BCUT2D eigenvalue weighted by atomic mass is 10.2. The number of halogens is 2. The van der Waals surface area contributed by atoms with Crippen molar-refractivity contribution in [3.8, 4) is 11.6 Å². The Balaban J connectivity index is 1.72. The lowest BCUT2D eigenvalue weighted by Gasteiger charge is -2.02. The number of carbonyl (C=O) groups excluding carboxylic acids is 1. The number of azo groups is 1. The van der Waals surface area contributed by atoms with Gasteiger partial charge in [0.15, 0.2) is 12.3 Å². The van der Waals surface area contributed by atoms with Gasteiger partial charge in [0.05, 0.1) is 5.52 Å². The van der Waals surface area contributed by atoms with Crippen molar-refractivity contribution in [1.82, 2.24) is 4.98 Å². The minimum absolute atomic E-state index is 0.0522. The van der Waals surface area contributed by atoms with E-state index in [1.807, 2.05) is 0 Å². The molecule has 0 aliphatic carbocycles. The summed E-state index contributed by atoms with van der Waals surface area (Å²) >= 11 is 0. The molecule has 122 valence electrons. The Morgan fingerprint density at radius 2 is 1.96 bits per heavy atom. The van der Waals surface area contributed by atoms with Crippen LogP contribution in [0.5, 0.6) is 11.6 Å². The number of amides is 1. The predicted octanol–water partition coefficient (Wildman–Crippen LogP) is 3.84. The summed E-state index contributed by atoms with van der Waals surface area (Å²) in [5.74, 6) is -1.91. The minimum atomic E-state index is -0.746. The van der Waals surface area contributed by atoms with Crippen LogP contribution in [0.4, 0.5) is 14.5 Å². The smallest absolute Gasteiger partial charge is 0.302 e. The number of nitrogens with one attached hydrogen (secondary N) is 1. The molecule has 0 atom stereocenters. The standard InChI is InChI=1S/C16H11F2N3O3/c17-9-2-1-3-11(6-9)24-8-14(22)20-21-15-12-7-10(18)4-5-13(12)19-16(15)23/h1-7,19,23H,8H2. The molecular weight excluding hydrogens is 320 g/mol. The van der Waals surface area contributed by atoms with Crippen LogP contribution < -0.4 is 4.74 Å². The van der Waals surface area contributed by atoms with E-state index in [2.05, 4.69) is 15.2 Å². The number of fused-ring (bicyclic) bond motifs is 1. The van der Waals surface area contributed by atoms with Gasteiger partial charge in [-0.3, -0.25) is 4.79 Å². The van der Waals surface area contributed by atoms with Crippen molar-refractivity contribution in [2.75, 3.05) is 6.61 Å². The zero-order valence-electron chi connectivity index (χ0n) is 12.2. The van der Waals surface area contributed by atoms with Crippen molar-refractivity contribution >= 4 is 22.5 Å². The Morgan fingerprint density at radius 1 is 1.17 bits per heavy atom. The second-order valence-corrected chi connectivity index (χ2v) is 4.85. The first-order valence-electron chi connectivity index (χ1n) is 6.86. The molecule has 0 bridgehead atoms. The topological polar surface area (TPSA) is 87.0 Å². The van der Waals surface area contributed by atoms with Crippen LogP contribution in [0.25, 0.3) is 10.9 Å². The molecule has 0 aliphatic heterocycles. The molecule has 2 aromatic carbocycles. The molecule has 0 fully saturated rings. The van der Waals surface area contributed by atoms with Crippen molar-refractivity contribution in [2.24, 2.45) is 10.2 Å². The fourth-order valence-corrected chi connectivity index (χ4v) is 2.07. The van der Waals surface area contributed by atoms with Gasteiger partial charge in [0, 0.05) is 11.5 Å². The normalized spacial score (nSPS) is 11.2. The fraction of sp³-hybridized carbons (Fsp3) is 0.0625. The molecule has 1 amide bonds. The van der Waals surface area contributed by atoms with E-state index in [1.54, 1.807) is 0 Å². The van der Waals surface area contributed by atoms with Gasteiger partial charge in [-0.15, -0.1) is 10.2 Å². The molecule has 0 radical (unpaired) electrons. The van der Waals surface area contributed by atoms with Crippen molar-refractivity contribution < 1.29 is 23.4 Å². The maximum Gasteiger partial charge on any atom is 0.302 e. The number of hydrogen-bond donors (Lipinski definition) is 2. The Kier molecular flexibility index (Phi) is 4.19. The summed E-state index contributed by atoms with van der Waals surface area (Å²) in [7, 11) is 0. The van der Waals surface area contributed by atoms with Gasteiger partial charge in [0.2, 0.25) is 5.88 Å². The first-order valence-corrected chi connectivity index (χ1v) is 6.86. The van der Waals surface area contributed by atoms with Crippen LogP contribution in [0, 0.1) is 11.6 Å². The SMILES string of the molecule is O=C(COc1cccc(F)c1)N=Nc1c(O)[nH]c2ccc(F)cc12. The van der Waals surface area contributed by atoms with Gasteiger partial charge in [0.1, 0.15) is 17.4 Å². The number of aromatic amines is 1. The highest BCUT2D eigenvalue weighted by Crippen LogP contribution is 2.35. The van der Waals surface area contributed by atoms with Crippen molar-refractivity contribution in [2.45, 2.75) is 0 Å². The molecule has 0 saturated heterocycles. The predicted molar refractivity (Wildman–Crippen MR) is 81.3 cm³/mol. The second-order valence-electron chi connectivity index (χ2n) is 4.85. The molecule has 8 heteroatoms. The zero-order chi connectivity index (χ0) is 17.1. The minimum Gasteiger partial charge on any atom is -0.493 e. The molecule has 6 nitrogen and oxygen atoms in total. The van der Waals surface area contributed by atoms with Gasteiger partial charge in [-0.25, -0.2) is 8.78 Å². The summed E-state index contributed by atoms with van der Waals surface area (Å²) in [5.41, 5.74) is 0.398. The number of carbonyl (C=O) groups is 1. The highest BCUT2D eigenvalue weighted by Gasteiger charge is 2.12. The lowest BCUT2D eigenvalue weighted by molar-refractivity contribution is -0.120. The molecule has 0 unspecified atom stereocenters. The van der Waals surface area contributed by atoms with Crippen molar-refractivity contribution in [3.63, 3.8) is 0 Å². The monoisotopic (exact) mass is 331 g/mol. The van der Waals surface area contributed by atoms with Gasteiger partial charge in [-0.1, -0.05) is 6.07 Å². The largest absolute Gasteiger partial charge is 0.493 e. The molecule has 2 N–H and O–H groups in total. The van der Waals surface area contributed by atoms with Gasteiger partial charge in [-0.05, 0) is 30.3 Å². The Bertz CT molecular complexity index is 937. The summed E-state index contributed by atoms with van der Waals surface area (Å²) in [6.07, 6.45) is 0. The van der Waals surface area contributed by atoms with Crippen LogP contribution in [0.1, 0.15) is 0 Å². The number of benzene rings is 2. The zero-order valence-corrected chi connectivity index (χ0v) is 12.2. The third-order valence-corrected chi connectivity index (χ3v) is 3.13. The summed E-state index contributed by atoms with van der Waals surface area (Å²) < 4.78 is 31.3. The highest BCUT2D eigenvalue weighted by atomic mass is 19.1. The quantitative estimate of drug-likeness (QED) is 0.712. The van der Waals surface area contributed by atoms with Crippen LogP contribution in [0.2, 0.25) is 0 Å². The second kappa shape index (κ2) is 6.45. The number of ether oxygens (including phenoxy) is 1. The van der Waals surface area contributed by atoms with Crippen molar-refractivity contribution in [3.05, 3.63) is 54.1 Å². The number of nitrogens with zero attached hydrogens (tertiary/aromatic N) is 2. The maximum atomic E-state index is 13.3. The molecule has 0 saturated carbocycles.